The summed E-state index contributed by atoms with van der Waals surface area (Å²) < 4.78 is 10.2. The lowest BCUT2D eigenvalue weighted by molar-refractivity contribution is -0.147. The SMILES string of the molecule is COC(=O)C1CCN(Cc2ccccc2OC)CC1. The van der Waals surface area contributed by atoms with E-state index in [1.54, 1.807) is 7.11 Å². The first kappa shape index (κ1) is 13.9. The summed E-state index contributed by atoms with van der Waals surface area (Å²) in [5, 5.41) is 0. The van der Waals surface area contributed by atoms with E-state index in [9.17, 15) is 4.79 Å². The maximum absolute atomic E-state index is 11.5. The Balaban J connectivity index is 1.90. The van der Waals surface area contributed by atoms with Crippen molar-refractivity contribution in [2.24, 2.45) is 5.92 Å². The molecule has 1 heterocycles. The van der Waals surface area contributed by atoms with Crippen molar-refractivity contribution in [3.63, 3.8) is 0 Å². The highest BCUT2D eigenvalue weighted by atomic mass is 16.5. The third-order valence-corrected chi connectivity index (χ3v) is 3.71. The minimum absolute atomic E-state index is 0.0684. The van der Waals surface area contributed by atoms with Crippen LogP contribution in [-0.4, -0.2) is 38.2 Å². The van der Waals surface area contributed by atoms with E-state index in [-0.39, 0.29) is 11.9 Å². The normalized spacial score (nSPS) is 17.2. The third kappa shape index (κ3) is 3.47. The second kappa shape index (κ2) is 6.57. The number of methoxy groups -OCH3 is 2. The van der Waals surface area contributed by atoms with Gasteiger partial charge < -0.3 is 9.47 Å². The van der Waals surface area contributed by atoms with Crippen LogP contribution in [0.1, 0.15) is 18.4 Å². The van der Waals surface area contributed by atoms with Gasteiger partial charge >= 0.3 is 5.97 Å². The van der Waals surface area contributed by atoms with Crippen molar-refractivity contribution in [2.45, 2.75) is 19.4 Å². The molecule has 19 heavy (non-hydrogen) atoms. The van der Waals surface area contributed by atoms with Gasteiger partial charge in [0.2, 0.25) is 0 Å². The average Bonchev–Trinajstić information content (AvgIpc) is 2.48. The molecule has 0 aromatic heterocycles. The van der Waals surface area contributed by atoms with E-state index in [0.717, 1.165) is 38.2 Å². The van der Waals surface area contributed by atoms with Crippen LogP contribution in [0.3, 0.4) is 0 Å². The minimum Gasteiger partial charge on any atom is -0.496 e. The number of benzene rings is 1. The summed E-state index contributed by atoms with van der Waals surface area (Å²) >= 11 is 0. The van der Waals surface area contributed by atoms with Crippen LogP contribution in [0.25, 0.3) is 0 Å². The molecule has 0 aliphatic carbocycles. The number of ether oxygens (including phenoxy) is 2. The molecule has 0 bridgehead atoms. The van der Waals surface area contributed by atoms with E-state index in [4.69, 9.17) is 9.47 Å². The smallest absolute Gasteiger partial charge is 0.308 e. The van der Waals surface area contributed by atoms with Crippen LogP contribution >= 0.6 is 0 Å². The van der Waals surface area contributed by atoms with Gasteiger partial charge in [-0.15, -0.1) is 0 Å². The lowest BCUT2D eigenvalue weighted by Crippen LogP contribution is -2.36. The first-order valence-corrected chi connectivity index (χ1v) is 6.66. The molecule has 1 aromatic carbocycles. The van der Waals surface area contributed by atoms with Crippen LogP contribution in [0.5, 0.6) is 5.75 Å². The highest BCUT2D eigenvalue weighted by molar-refractivity contribution is 5.72. The molecule has 0 atom stereocenters. The number of likely N-dealkylation sites (tertiary alicyclic amines) is 1. The fourth-order valence-corrected chi connectivity index (χ4v) is 2.57. The van der Waals surface area contributed by atoms with Gasteiger partial charge in [0.25, 0.3) is 0 Å². The van der Waals surface area contributed by atoms with Gasteiger partial charge in [0.05, 0.1) is 20.1 Å². The van der Waals surface area contributed by atoms with Crippen molar-refractivity contribution in [1.29, 1.82) is 0 Å². The molecular weight excluding hydrogens is 242 g/mol. The lowest BCUT2D eigenvalue weighted by atomic mass is 9.96. The molecule has 0 radical (unpaired) electrons. The second-order valence-electron chi connectivity index (χ2n) is 4.89. The van der Waals surface area contributed by atoms with Crippen LogP contribution in [0.15, 0.2) is 24.3 Å². The van der Waals surface area contributed by atoms with Crippen molar-refractivity contribution >= 4 is 5.97 Å². The molecule has 0 saturated carbocycles. The van der Waals surface area contributed by atoms with Gasteiger partial charge in [-0.3, -0.25) is 9.69 Å². The largest absolute Gasteiger partial charge is 0.496 e. The van der Waals surface area contributed by atoms with Crippen LogP contribution < -0.4 is 4.74 Å². The number of hydrogen-bond acceptors (Lipinski definition) is 4. The lowest BCUT2D eigenvalue weighted by Gasteiger charge is -2.30. The van der Waals surface area contributed by atoms with E-state index in [0.29, 0.717) is 0 Å². The van der Waals surface area contributed by atoms with Crippen LogP contribution in [0, 0.1) is 5.92 Å². The summed E-state index contributed by atoms with van der Waals surface area (Å²) in [6, 6.07) is 8.08. The zero-order valence-corrected chi connectivity index (χ0v) is 11.6. The average molecular weight is 263 g/mol. The first-order chi connectivity index (χ1) is 9.24. The molecule has 1 fully saturated rings. The Morgan fingerprint density at radius 3 is 2.58 bits per heavy atom. The zero-order valence-electron chi connectivity index (χ0n) is 11.6. The van der Waals surface area contributed by atoms with E-state index >= 15 is 0 Å². The molecule has 1 aliphatic heterocycles. The van der Waals surface area contributed by atoms with Crippen LogP contribution in [-0.2, 0) is 16.1 Å². The van der Waals surface area contributed by atoms with Crippen LogP contribution in [0.4, 0.5) is 0 Å². The van der Waals surface area contributed by atoms with E-state index in [1.165, 1.54) is 12.7 Å². The van der Waals surface area contributed by atoms with Crippen LogP contribution in [0.2, 0.25) is 0 Å². The number of nitrogens with zero attached hydrogens (tertiary/aromatic N) is 1. The number of para-hydroxylation sites is 1. The molecule has 1 saturated heterocycles. The van der Waals surface area contributed by atoms with Gasteiger partial charge in [0, 0.05) is 12.1 Å². The highest BCUT2D eigenvalue weighted by Gasteiger charge is 2.25. The molecule has 104 valence electrons. The molecule has 4 heteroatoms. The summed E-state index contributed by atoms with van der Waals surface area (Å²) in [7, 11) is 3.16. The molecule has 0 amide bonds. The van der Waals surface area contributed by atoms with E-state index in [1.807, 2.05) is 18.2 Å². The van der Waals surface area contributed by atoms with E-state index in [2.05, 4.69) is 11.0 Å². The highest BCUT2D eigenvalue weighted by Crippen LogP contribution is 2.23. The number of piperidine rings is 1. The number of hydrogen-bond donors (Lipinski definition) is 0. The summed E-state index contributed by atoms with van der Waals surface area (Å²) in [6.07, 6.45) is 1.75. The number of carbonyl (C=O) groups is 1. The Hall–Kier alpha value is -1.55. The van der Waals surface area contributed by atoms with Gasteiger partial charge in [-0.25, -0.2) is 0 Å². The molecule has 0 spiro atoms. The maximum atomic E-state index is 11.5. The van der Waals surface area contributed by atoms with Crippen molar-refractivity contribution < 1.29 is 14.3 Å². The molecule has 4 nitrogen and oxygen atoms in total. The third-order valence-electron chi connectivity index (χ3n) is 3.71. The number of esters is 1. The number of rotatable bonds is 4. The summed E-state index contributed by atoms with van der Waals surface area (Å²) in [5.41, 5.74) is 1.20. The van der Waals surface area contributed by atoms with Crippen molar-refractivity contribution in [1.82, 2.24) is 4.90 Å². The van der Waals surface area contributed by atoms with Gasteiger partial charge in [-0.1, -0.05) is 18.2 Å². The topological polar surface area (TPSA) is 38.8 Å². The molecule has 0 N–H and O–H groups in total. The molecular formula is C15H21NO3. The maximum Gasteiger partial charge on any atom is 0.308 e. The molecule has 1 aromatic rings. The fourth-order valence-electron chi connectivity index (χ4n) is 2.57. The minimum atomic E-state index is -0.0723. The van der Waals surface area contributed by atoms with Gasteiger partial charge in [-0.05, 0) is 32.0 Å². The predicted octanol–water partition coefficient (Wildman–Crippen LogP) is 2.08. The standard InChI is InChI=1S/C15H21NO3/c1-18-14-6-4-3-5-13(14)11-16-9-7-12(8-10-16)15(17)19-2/h3-6,12H,7-11H2,1-2H3. The number of carbonyl (C=O) groups excluding carboxylic acids is 1. The van der Waals surface area contributed by atoms with E-state index < -0.39 is 0 Å². The van der Waals surface area contributed by atoms with Gasteiger partial charge in [0.15, 0.2) is 0 Å². The monoisotopic (exact) mass is 263 g/mol. The molecule has 1 aliphatic rings. The Bertz CT molecular complexity index is 425. The molecule has 2 rings (SSSR count). The fraction of sp³-hybridized carbons (Fsp3) is 0.533. The van der Waals surface area contributed by atoms with Gasteiger partial charge in [-0.2, -0.15) is 0 Å². The first-order valence-electron chi connectivity index (χ1n) is 6.66. The Labute approximate surface area is 114 Å². The second-order valence-corrected chi connectivity index (χ2v) is 4.89. The Morgan fingerprint density at radius 1 is 1.26 bits per heavy atom. The quantitative estimate of drug-likeness (QED) is 0.780. The predicted molar refractivity (Wildman–Crippen MR) is 73.0 cm³/mol. The summed E-state index contributed by atoms with van der Waals surface area (Å²) in [5.74, 6) is 0.924. The Kier molecular flexibility index (Phi) is 4.80. The Morgan fingerprint density at radius 2 is 1.95 bits per heavy atom. The summed E-state index contributed by atoms with van der Waals surface area (Å²) in [6.45, 7) is 2.73. The molecule has 0 unspecified atom stereocenters. The van der Waals surface area contributed by atoms with Crippen molar-refractivity contribution in [2.75, 3.05) is 27.3 Å². The van der Waals surface area contributed by atoms with Crippen molar-refractivity contribution in [3.8, 4) is 5.75 Å². The zero-order chi connectivity index (χ0) is 13.7. The van der Waals surface area contributed by atoms with Gasteiger partial charge in [0.1, 0.15) is 5.75 Å². The summed E-state index contributed by atoms with van der Waals surface area (Å²) in [4.78, 5) is 13.8. The van der Waals surface area contributed by atoms with Crippen molar-refractivity contribution in [3.05, 3.63) is 29.8 Å².